The van der Waals surface area contributed by atoms with Crippen molar-refractivity contribution in [3.8, 4) is 0 Å². The van der Waals surface area contributed by atoms with Crippen molar-refractivity contribution in [2.24, 2.45) is 0 Å². The number of fused-ring (bicyclic) bond motifs is 6. The van der Waals surface area contributed by atoms with E-state index in [-0.39, 0.29) is 21.9 Å². The van der Waals surface area contributed by atoms with Gasteiger partial charge in [-0.3, -0.25) is 9.59 Å². The van der Waals surface area contributed by atoms with E-state index in [0.717, 1.165) is 12.8 Å². The van der Waals surface area contributed by atoms with Crippen LogP contribution in [-0.2, 0) is 9.59 Å². The predicted octanol–water partition coefficient (Wildman–Crippen LogP) is 1.14. The highest BCUT2D eigenvalue weighted by atomic mass is 35.5. The van der Waals surface area contributed by atoms with Gasteiger partial charge in [0.1, 0.15) is 10.1 Å². The Kier molecular flexibility index (Phi) is 3.40. The molecule has 1 fully saturated rings. The SMILES string of the molecule is O=C1/C(Cl)=C(/Cl)C(=O)N2CCCN1CCC2. The maximum atomic E-state index is 11.9. The Morgan fingerprint density at radius 2 is 1.06 bits per heavy atom. The zero-order chi connectivity index (χ0) is 11.7. The third kappa shape index (κ3) is 2.04. The lowest BCUT2D eigenvalue weighted by Crippen LogP contribution is -2.39. The second-order valence-electron chi connectivity index (χ2n) is 3.92. The molecule has 0 radical (unpaired) electrons. The van der Waals surface area contributed by atoms with Crippen molar-refractivity contribution in [2.45, 2.75) is 12.8 Å². The summed E-state index contributed by atoms with van der Waals surface area (Å²) in [6.45, 7) is 2.51. The summed E-state index contributed by atoms with van der Waals surface area (Å²) < 4.78 is 0. The van der Waals surface area contributed by atoms with E-state index >= 15 is 0 Å². The van der Waals surface area contributed by atoms with Gasteiger partial charge in [-0.25, -0.2) is 0 Å². The molecule has 3 aliphatic rings. The molecule has 88 valence electrons. The summed E-state index contributed by atoms with van der Waals surface area (Å²) in [6.07, 6.45) is 1.54. The van der Waals surface area contributed by atoms with E-state index in [2.05, 4.69) is 0 Å². The molecule has 2 amide bonds. The van der Waals surface area contributed by atoms with Gasteiger partial charge in [-0.05, 0) is 12.8 Å². The predicted molar refractivity (Wildman–Crippen MR) is 61.1 cm³/mol. The molecule has 3 heterocycles. The molecule has 0 aliphatic carbocycles. The third-order valence-electron chi connectivity index (χ3n) is 2.85. The van der Waals surface area contributed by atoms with Gasteiger partial charge in [0.25, 0.3) is 11.8 Å². The number of carbonyl (C=O) groups is 2. The van der Waals surface area contributed by atoms with Crippen molar-refractivity contribution in [3.05, 3.63) is 10.1 Å². The summed E-state index contributed by atoms with van der Waals surface area (Å²) in [5.41, 5.74) is 0. The van der Waals surface area contributed by atoms with E-state index in [1.54, 1.807) is 9.80 Å². The van der Waals surface area contributed by atoms with Crippen LogP contribution in [-0.4, -0.2) is 47.8 Å². The van der Waals surface area contributed by atoms with Gasteiger partial charge >= 0.3 is 0 Å². The highest BCUT2D eigenvalue weighted by Crippen LogP contribution is 2.23. The first kappa shape index (κ1) is 11.7. The van der Waals surface area contributed by atoms with Gasteiger partial charge < -0.3 is 9.80 Å². The molecule has 0 aromatic rings. The average Bonchev–Trinajstić information content (AvgIpc) is 2.29. The molecule has 0 atom stereocenters. The number of hydrogen-bond acceptors (Lipinski definition) is 2. The monoisotopic (exact) mass is 262 g/mol. The molecule has 3 rings (SSSR count). The summed E-state index contributed by atoms with van der Waals surface area (Å²) in [4.78, 5) is 27.1. The molecule has 0 aromatic carbocycles. The summed E-state index contributed by atoms with van der Waals surface area (Å²) in [6, 6.07) is 0. The number of amides is 2. The lowest BCUT2D eigenvalue weighted by molar-refractivity contribution is -0.127. The summed E-state index contributed by atoms with van der Waals surface area (Å²) >= 11 is 11.7. The lowest BCUT2D eigenvalue weighted by atomic mass is 10.2. The Morgan fingerprint density at radius 3 is 1.38 bits per heavy atom. The molecule has 1 saturated heterocycles. The van der Waals surface area contributed by atoms with Crippen molar-refractivity contribution < 1.29 is 9.59 Å². The second-order valence-corrected chi connectivity index (χ2v) is 4.68. The molecular formula is C10H12Cl2N2O2. The van der Waals surface area contributed by atoms with E-state index in [1.165, 1.54) is 0 Å². The van der Waals surface area contributed by atoms with Crippen molar-refractivity contribution >= 4 is 35.0 Å². The molecule has 0 N–H and O–H groups in total. The van der Waals surface area contributed by atoms with Crippen LogP contribution in [0.2, 0.25) is 0 Å². The fraction of sp³-hybridized carbons (Fsp3) is 0.600. The largest absolute Gasteiger partial charge is 0.338 e. The van der Waals surface area contributed by atoms with Crippen LogP contribution in [0.3, 0.4) is 0 Å². The molecule has 3 aliphatic heterocycles. The molecule has 0 aromatic heterocycles. The van der Waals surface area contributed by atoms with Gasteiger partial charge in [0.15, 0.2) is 0 Å². The van der Waals surface area contributed by atoms with E-state index < -0.39 is 0 Å². The minimum Gasteiger partial charge on any atom is -0.338 e. The van der Waals surface area contributed by atoms with Gasteiger partial charge in [0, 0.05) is 26.2 Å². The van der Waals surface area contributed by atoms with Gasteiger partial charge in [0.2, 0.25) is 0 Å². The highest BCUT2D eigenvalue weighted by molar-refractivity contribution is 6.53. The lowest BCUT2D eigenvalue weighted by Gasteiger charge is -2.27. The Labute approximate surface area is 104 Å². The summed E-state index contributed by atoms with van der Waals surface area (Å²) in [5, 5.41) is -0.305. The zero-order valence-electron chi connectivity index (χ0n) is 8.71. The Balaban J connectivity index is 2.43. The minimum absolute atomic E-state index is 0.152. The van der Waals surface area contributed by atoms with E-state index in [4.69, 9.17) is 23.2 Å². The van der Waals surface area contributed by atoms with Crippen LogP contribution in [0.15, 0.2) is 10.1 Å². The topological polar surface area (TPSA) is 40.6 Å². The van der Waals surface area contributed by atoms with Crippen molar-refractivity contribution in [2.75, 3.05) is 26.2 Å². The van der Waals surface area contributed by atoms with Gasteiger partial charge in [-0.1, -0.05) is 23.2 Å². The van der Waals surface area contributed by atoms with Crippen LogP contribution < -0.4 is 0 Å². The molecular weight excluding hydrogens is 251 g/mol. The minimum atomic E-state index is -0.330. The quantitative estimate of drug-likeness (QED) is 0.657. The Morgan fingerprint density at radius 1 is 0.750 bits per heavy atom. The van der Waals surface area contributed by atoms with Crippen LogP contribution in [0.1, 0.15) is 12.8 Å². The molecule has 6 heteroatoms. The normalized spacial score (nSPS) is 27.6. The number of hydrogen-bond donors (Lipinski definition) is 0. The molecule has 0 spiro atoms. The highest BCUT2D eigenvalue weighted by Gasteiger charge is 2.29. The Hall–Kier alpha value is -0.740. The first-order valence-electron chi connectivity index (χ1n) is 5.25. The van der Waals surface area contributed by atoms with Crippen LogP contribution in [0.4, 0.5) is 0 Å². The molecule has 0 saturated carbocycles. The second kappa shape index (κ2) is 4.63. The van der Waals surface area contributed by atoms with Crippen molar-refractivity contribution in [1.29, 1.82) is 0 Å². The molecule has 2 bridgehead atoms. The molecule has 16 heavy (non-hydrogen) atoms. The average molecular weight is 263 g/mol. The Bertz CT molecular complexity index is 326. The van der Waals surface area contributed by atoms with Gasteiger partial charge in [-0.2, -0.15) is 0 Å². The summed E-state index contributed by atoms with van der Waals surface area (Å²) in [5.74, 6) is -0.660. The first-order valence-corrected chi connectivity index (χ1v) is 6.00. The molecule has 4 nitrogen and oxygen atoms in total. The van der Waals surface area contributed by atoms with Crippen LogP contribution in [0.25, 0.3) is 0 Å². The number of halogens is 2. The maximum Gasteiger partial charge on any atom is 0.267 e. The fourth-order valence-corrected chi connectivity index (χ4v) is 2.40. The standard InChI is InChI=1S/C10H12Cl2N2O2/c11-7-8(12)10(16)14-4-1-3-13(9(7)15)5-2-6-14/h1-6H2/b8-7-. The van der Waals surface area contributed by atoms with E-state index in [0.29, 0.717) is 26.2 Å². The van der Waals surface area contributed by atoms with E-state index in [9.17, 15) is 9.59 Å². The maximum absolute atomic E-state index is 11.9. The summed E-state index contributed by atoms with van der Waals surface area (Å²) in [7, 11) is 0. The van der Waals surface area contributed by atoms with Gasteiger partial charge in [-0.15, -0.1) is 0 Å². The number of rotatable bonds is 0. The van der Waals surface area contributed by atoms with Crippen molar-refractivity contribution in [1.82, 2.24) is 9.80 Å². The number of carbonyl (C=O) groups excluding carboxylic acids is 2. The van der Waals surface area contributed by atoms with Gasteiger partial charge in [0.05, 0.1) is 0 Å². The van der Waals surface area contributed by atoms with Crippen LogP contribution in [0.5, 0.6) is 0 Å². The van der Waals surface area contributed by atoms with Crippen LogP contribution in [0, 0.1) is 0 Å². The first-order chi connectivity index (χ1) is 7.61. The van der Waals surface area contributed by atoms with Crippen LogP contribution >= 0.6 is 23.2 Å². The fourth-order valence-electron chi connectivity index (χ4n) is 2.00. The zero-order valence-corrected chi connectivity index (χ0v) is 10.2. The number of nitrogens with zero attached hydrogens (tertiary/aromatic N) is 2. The third-order valence-corrected chi connectivity index (χ3v) is 3.65. The van der Waals surface area contributed by atoms with E-state index in [1.807, 2.05) is 0 Å². The molecule has 0 unspecified atom stereocenters. The van der Waals surface area contributed by atoms with Crippen molar-refractivity contribution in [3.63, 3.8) is 0 Å². The smallest absolute Gasteiger partial charge is 0.267 e.